The van der Waals surface area contributed by atoms with E-state index in [1.54, 1.807) is 30.5 Å². The predicted octanol–water partition coefficient (Wildman–Crippen LogP) is 2.13. The molecule has 4 rings (SSSR count). The number of nitrogens with one attached hydrogen (secondary N) is 1. The third-order valence-corrected chi connectivity index (χ3v) is 5.80. The van der Waals surface area contributed by atoms with Crippen LogP contribution in [0, 0.1) is 0 Å². The lowest BCUT2D eigenvalue weighted by Gasteiger charge is -2.09. The van der Waals surface area contributed by atoms with Crippen molar-refractivity contribution in [2.45, 2.75) is 11.6 Å². The number of nitrogens with zero attached hydrogens (tertiary/aromatic N) is 4. The Bertz CT molecular complexity index is 1340. The molecule has 4 aromatic rings. The molecule has 0 aliphatic heterocycles. The van der Waals surface area contributed by atoms with Crippen LogP contribution in [0.25, 0.3) is 16.7 Å². The SMILES string of the molecule is Cn1c(CCNC(=O)c2cccc(-n3ccnc3S(C)(=O)=O)c2)nc2ccccc21. The van der Waals surface area contributed by atoms with E-state index in [-0.39, 0.29) is 11.1 Å². The van der Waals surface area contributed by atoms with Gasteiger partial charge in [-0.15, -0.1) is 0 Å². The van der Waals surface area contributed by atoms with Gasteiger partial charge in [-0.3, -0.25) is 9.36 Å². The Kier molecular flexibility index (Phi) is 5.13. The van der Waals surface area contributed by atoms with Crippen molar-refractivity contribution in [2.24, 2.45) is 7.05 Å². The first-order valence-corrected chi connectivity index (χ1v) is 11.3. The quantitative estimate of drug-likeness (QED) is 0.512. The Labute approximate surface area is 174 Å². The molecule has 0 unspecified atom stereocenters. The van der Waals surface area contributed by atoms with Crippen LogP contribution in [0.5, 0.6) is 0 Å². The lowest BCUT2D eigenvalue weighted by molar-refractivity contribution is 0.0954. The second-order valence-corrected chi connectivity index (χ2v) is 8.89. The predicted molar refractivity (Wildman–Crippen MR) is 113 cm³/mol. The van der Waals surface area contributed by atoms with Crippen LogP contribution in [0.4, 0.5) is 0 Å². The van der Waals surface area contributed by atoms with Crippen molar-refractivity contribution in [3.63, 3.8) is 0 Å². The van der Waals surface area contributed by atoms with Crippen molar-refractivity contribution in [1.82, 2.24) is 24.4 Å². The molecular formula is C21H21N5O3S. The minimum Gasteiger partial charge on any atom is -0.352 e. The van der Waals surface area contributed by atoms with Crippen molar-refractivity contribution < 1.29 is 13.2 Å². The molecule has 0 fully saturated rings. The van der Waals surface area contributed by atoms with Crippen molar-refractivity contribution >= 4 is 26.8 Å². The Balaban J connectivity index is 1.47. The van der Waals surface area contributed by atoms with Gasteiger partial charge >= 0.3 is 0 Å². The summed E-state index contributed by atoms with van der Waals surface area (Å²) in [4.78, 5) is 21.1. The van der Waals surface area contributed by atoms with Gasteiger partial charge in [0.15, 0.2) is 0 Å². The summed E-state index contributed by atoms with van der Waals surface area (Å²) in [6.45, 7) is 0.430. The third-order valence-electron chi connectivity index (χ3n) is 4.84. The average Bonchev–Trinajstić information content (AvgIpc) is 3.34. The van der Waals surface area contributed by atoms with Crippen LogP contribution in [0.15, 0.2) is 66.1 Å². The van der Waals surface area contributed by atoms with Crippen LogP contribution >= 0.6 is 0 Å². The van der Waals surface area contributed by atoms with Gasteiger partial charge in [-0.1, -0.05) is 18.2 Å². The van der Waals surface area contributed by atoms with Crippen LogP contribution in [0.1, 0.15) is 16.2 Å². The Morgan fingerprint density at radius 1 is 1.13 bits per heavy atom. The lowest BCUT2D eigenvalue weighted by atomic mass is 10.2. The van der Waals surface area contributed by atoms with Crippen molar-refractivity contribution in [2.75, 3.05) is 12.8 Å². The molecule has 1 N–H and O–H groups in total. The van der Waals surface area contributed by atoms with E-state index in [0.717, 1.165) is 23.1 Å². The van der Waals surface area contributed by atoms with Crippen molar-refractivity contribution in [1.29, 1.82) is 0 Å². The topological polar surface area (TPSA) is 98.9 Å². The molecule has 1 amide bonds. The summed E-state index contributed by atoms with van der Waals surface area (Å²) in [7, 11) is -1.53. The fourth-order valence-electron chi connectivity index (χ4n) is 3.37. The average molecular weight is 423 g/mol. The molecular weight excluding hydrogens is 402 g/mol. The Morgan fingerprint density at radius 2 is 1.93 bits per heavy atom. The molecule has 0 atom stereocenters. The lowest BCUT2D eigenvalue weighted by Crippen LogP contribution is -2.26. The zero-order valence-corrected chi connectivity index (χ0v) is 17.4. The highest BCUT2D eigenvalue weighted by Gasteiger charge is 2.16. The second kappa shape index (κ2) is 7.75. The van der Waals surface area contributed by atoms with Gasteiger partial charge in [-0.25, -0.2) is 18.4 Å². The highest BCUT2D eigenvalue weighted by atomic mass is 32.2. The standard InChI is InChI=1S/C21H21N5O3S/c1-25-18-9-4-3-8-17(18)24-19(25)10-11-22-20(27)15-6-5-7-16(14-15)26-13-12-23-21(26)30(2,28)29/h3-9,12-14H,10-11H2,1-2H3,(H,22,27). The fraction of sp³-hybridized carbons (Fsp3) is 0.190. The number of aryl methyl sites for hydroxylation is 1. The maximum atomic E-state index is 12.6. The third kappa shape index (κ3) is 3.84. The summed E-state index contributed by atoms with van der Waals surface area (Å²) in [5.74, 6) is 0.651. The van der Waals surface area contributed by atoms with E-state index in [9.17, 15) is 13.2 Å². The maximum absolute atomic E-state index is 12.6. The van der Waals surface area contributed by atoms with E-state index in [0.29, 0.717) is 24.2 Å². The normalized spacial score (nSPS) is 11.7. The van der Waals surface area contributed by atoms with Crippen molar-refractivity contribution in [3.05, 3.63) is 72.3 Å². The Morgan fingerprint density at radius 3 is 2.70 bits per heavy atom. The summed E-state index contributed by atoms with van der Waals surface area (Å²) in [6.07, 6.45) is 4.67. The van der Waals surface area contributed by atoms with E-state index >= 15 is 0 Å². The highest BCUT2D eigenvalue weighted by molar-refractivity contribution is 7.90. The number of aromatic nitrogens is 4. The Hall–Kier alpha value is -3.46. The van der Waals surface area contributed by atoms with Gasteiger partial charge in [0.1, 0.15) is 5.82 Å². The molecule has 2 aromatic heterocycles. The number of sulfone groups is 1. The number of imidazole rings is 2. The zero-order chi connectivity index (χ0) is 21.3. The minimum atomic E-state index is -3.49. The van der Waals surface area contributed by atoms with Crippen molar-refractivity contribution in [3.8, 4) is 5.69 Å². The molecule has 0 aliphatic carbocycles. The molecule has 0 aliphatic rings. The van der Waals surface area contributed by atoms with Crippen LogP contribution < -0.4 is 5.32 Å². The van der Waals surface area contributed by atoms with Gasteiger partial charge in [0, 0.05) is 49.9 Å². The minimum absolute atomic E-state index is 0.0677. The van der Waals surface area contributed by atoms with E-state index in [1.165, 1.54) is 10.8 Å². The van der Waals surface area contributed by atoms with E-state index in [2.05, 4.69) is 15.3 Å². The summed E-state index contributed by atoms with van der Waals surface area (Å²) in [5, 5.41) is 2.83. The number of carbonyl (C=O) groups is 1. The van der Waals surface area contributed by atoms with Gasteiger partial charge in [0.25, 0.3) is 5.91 Å². The summed E-state index contributed by atoms with van der Waals surface area (Å²) in [5.41, 5.74) is 2.96. The van der Waals surface area contributed by atoms with Gasteiger partial charge in [0.2, 0.25) is 15.0 Å². The van der Waals surface area contributed by atoms with E-state index in [4.69, 9.17) is 0 Å². The number of hydrogen-bond acceptors (Lipinski definition) is 5. The molecule has 0 bridgehead atoms. The number of benzene rings is 2. The molecule has 2 heterocycles. The van der Waals surface area contributed by atoms with Gasteiger partial charge in [0.05, 0.1) is 11.0 Å². The monoisotopic (exact) mass is 423 g/mol. The second-order valence-electron chi connectivity index (χ2n) is 6.98. The fourth-order valence-corrected chi connectivity index (χ4v) is 4.14. The first-order valence-electron chi connectivity index (χ1n) is 9.37. The number of para-hydroxylation sites is 2. The molecule has 0 saturated heterocycles. The molecule has 0 spiro atoms. The molecule has 9 heteroatoms. The molecule has 0 saturated carbocycles. The molecule has 30 heavy (non-hydrogen) atoms. The van der Waals surface area contributed by atoms with E-state index < -0.39 is 9.84 Å². The number of hydrogen-bond donors (Lipinski definition) is 1. The number of rotatable bonds is 6. The summed E-state index contributed by atoms with van der Waals surface area (Å²) >= 11 is 0. The first-order chi connectivity index (χ1) is 14.3. The van der Waals surface area contributed by atoms with Crippen LogP contribution in [0.2, 0.25) is 0 Å². The van der Waals surface area contributed by atoms with Crippen LogP contribution in [0.3, 0.4) is 0 Å². The maximum Gasteiger partial charge on any atom is 0.251 e. The van der Waals surface area contributed by atoms with E-state index in [1.807, 2.05) is 35.9 Å². The smallest absolute Gasteiger partial charge is 0.251 e. The highest BCUT2D eigenvalue weighted by Crippen LogP contribution is 2.17. The zero-order valence-electron chi connectivity index (χ0n) is 16.6. The number of amides is 1. The molecule has 154 valence electrons. The van der Waals surface area contributed by atoms with Gasteiger partial charge < -0.3 is 9.88 Å². The van der Waals surface area contributed by atoms with Gasteiger partial charge in [-0.2, -0.15) is 0 Å². The van der Waals surface area contributed by atoms with Crippen LogP contribution in [-0.4, -0.2) is 46.2 Å². The number of fused-ring (bicyclic) bond motifs is 1. The van der Waals surface area contributed by atoms with Gasteiger partial charge in [-0.05, 0) is 30.3 Å². The molecule has 8 nitrogen and oxygen atoms in total. The summed E-state index contributed by atoms with van der Waals surface area (Å²) in [6, 6.07) is 14.7. The van der Waals surface area contributed by atoms with Crippen LogP contribution in [-0.2, 0) is 23.3 Å². The first kappa shape index (κ1) is 19.8. The number of carbonyl (C=O) groups excluding carboxylic acids is 1. The summed E-state index contributed by atoms with van der Waals surface area (Å²) < 4.78 is 27.3. The molecule has 0 radical (unpaired) electrons. The largest absolute Gasteiger partial charge is 0.352 e. The molecule has 2 aromatic carbocycles.